The highest BCUT2D eigenvalue weighted by Crippen LogP contribution is 2.21. The molecule has 1 aromatic rings. The first-order chi connectivity index (χ1) is 48.1. The molecule has 580 valence electrons. The molecule has 0 bridgehead atoms. The quantitative estimate of drug-likeness (QED) is 0.0250. The summed E-state index contributed by atoms with van der Waals surface area (Å²) in [4.78, 5) is 194. The highest BCUT2D eigenvalue weighted by molar-refractivity contribution is 6.04. The molecule has 0 spiro atoms. The van der Waals surface area contributed by atoms with Crippen molar-refractivity contribution in [3.8, 4) is 0 Å². The standard InChI is InChI=1S/C30H44N6O8.C23H39N5O6.C14H28N4O3.3CH4/c1-19(2)26(35-24(38)9-5-4-6-15-36-25(39)16-20(3)29(36)42)28(41)34-23(8-7-14-32-30(31)43)27(40)33-22-12-10-21(11-13-22)17-44-18-37;1-14(2)20(21(32)26-17(16(4)29)9-8-11-25-23(24)34)27-18(30)10-6-5-7-12-28-19(31)13-15(3)22(28)33;1-5-16-12(9(2)3)13(20)18-11(10(4)19)7-6-8-17-14(15)21;;;/h10-13,18-20,23,26H,4-9,14-17H2,1-3H3,(H,33,40)(H,34,41)(H,35,38)(H3,31,32,43);14-15,17,20H,5-13H2,1-4H3,(H,26,32)(H,27,30)(H3,24,25,34);9,11-12,16H,5-8H2,1-4H3,(H,18,20)(H3,15,17,21);3*1H4/t20?,23-,26?;15?,17-,20?;11-,12?;;;/m000.../s1/i18D;2*4D;;;. The second-order valence-corrected chi connectivity index (χ2v) is 25.4. The lowest BCUT2D eigenvalue weighted by molar-refractivity contribution is -0.140. The number of unbranched alkanes of at least 4 members (excludes halogenated alkanes) is 4. The molecular weight excluding hydrogens is 1320 g/mol. The number of Topliss-reactive ketones (excluding diaryl/α,β-unsaturated/α-hetero) is 2. The van der Waals surface area contributed by atoms with Crippen LogP contribution in [0.2, 0.25) is 0 Å². The molecule has 32 heteroatoms. The minimum Gasteiger partial charge on any atom is -0.463 e. The molecule has 2 aliphatic heterocycles. The monoisotopic (exact) mass is 1450 g/mol. The zero-order chi connectivity index (χ0) is 77.2. The van der Waals surface area contributed by atoms with E-state index in [1.54, 1.807) is 65.8 Å². The SMILES string of the molecule is C.C.C.[2H]C(=O)OCc1ccc(NC(=O)[C@H](CCCNC(N)=O)NC(=O)C(NC(=O)CCCCCN2C(=O)CC(C)C2=O)C(C)C)cc1.[2H]CC(=O)[C@H](CCCNC(N)=O)NC(=O)C(NC(=O)CCCCCN1C(=O)CC(C)C1=O)C(C)C.[2H]CC(=O)[C@H](CCCNC(N)=O)NC(=O)C(NCC)C(C)C. The maximum Gasteiger partial charge on any atom is 0.312 e. The molecule has 16 N–H and O–H groups in total. The fourth-order valence-corrected chi connectivity index (χ4v) is 10.3. The van der Waals surface area contributed by atoms with E-state index in [2.05, 4.69) is 57.9 Å². The first-order valence-electron chi connectivity index (χ1n) is 35.7. The van der Waals surface area contributed by atoms with Crippen molar-refractivity contribution in [2.24, 2.45) is 46.8 Å². The van der Waals surface area contributed by atoms with Gasteiger partial charge in [0.1, 0.15) is 24.7 Å². The minimum absolute atomic E-state index is 0. The highest BCUT2D eigenvalue weighted by atomic mass is 16.5. The highest BCUT2D eigenvalue weighted by Gasteiger charge is 2.37. The lowest BCUT2D eigenvalue weighted by atomic mass is 10.0. The zero-order valence-corrected chi connectivity index (χ0v) is 58.9. The van der Waals surface area contributed by atoms with Gasteiger partial charge in [-0.15, -0.1) is 0 Å². The molecule has 2 heterocycles. The Morgan fingerprint density at radius 3 is 1.22 bits per heavy atom. The number of amides is 16. The van der Waals surface area contributed by atoms with E-state index in [0.717, 1.165) is 0 Å². The van der Waals surface area contributed by atoms with Gasteiger partial charge in [0.2, 0.25) is 59.1 Å². The molecule has 3 rings (SSSR count). The van der Waals surface area contributed by atoms with Crippen molar-refractivity contribution in [1.82, 2.24) is 57.7 Å². The molecule has 2 fully saturated rings. The van der Waals surface area contributed by atoms with Gasteiger partial charge in [0.05, 0.1) is 18.1 Å². The Bertz CT molecular complexity index is 2970. The molecule has 0 saturated carbocycles. The van der Waals surface area contributed by atoms with E-state index in [1.807, 2.05) is 20.8 Å². The Labute approximate surface area is 607 Å². The first-order valence-corrected chi connectivity index (χ1v) is 33.8. The van der Waals surface area contributed by atoms with Gasteiger partial charge in [0.15, 0.2) is 12.9 Å². The number of ether oxygens (including phenoxy) is 1. The predicted octanol–water partition coefficient (Wildman–Crippen LogP) is 3.98. The van der Waals surface area contributed by atoms with Crippen LogP contribution in [0.4, 0.5) is 20.1 Å². The number of likely N-dealkylation sites (N-methyl/N-ethyl adjacent to an activating group) is 1. The molecule has 16 amide bonds. The van der Waals surface area contributed by atoms with Gasteiger partial charge in [-0.25, -0.2) is 14.4 Å². The van der Waals surface area contributed by atoms with Crippen LogP contribution >= 0.6 is 0 Å². The van der Waals surface area contributed by atoms with Crippen LogP contribution in [0.15, 0.2) is 24.3 Å². The van der Waals surface area contributed by atoms with Gasteiger partial charge in [0, 0.05) is 78.7 Å². The van der Waals surface area contributed by atoms with Crippen molar-refractivity contribution in [3.05, 3.63) is 29.8 Å². The van der Waals surface area contributed by atoms with Crippen LogP contribution < -0.4 is 70.4 Å². The number of urea groups is 3. The number of primary amides is 3. The van der Waals surface area contributed by atoms with Gasteiger partial charge in [-0.05, 0) is 120 Å². The number of hydrogen-bond acceptors (Lipinski definition) is 18. The molecule has 5 unspecified atom stereocenters. The van der Waals surface area contributed by atoms with Gasteiger partial charge >= 0.3 is 18.1 Å². The van der Waals surface area contributed by atoms with Gasteiger partial charge in [-0.3, -0.25) is 72.1 Å². The van der Waals surface area contributed by atoms with E-state index in [-0.39, 0.29) is 170 Å². The summed E-state index contributed by atoms with van der Waals surface area (Å²) in [6.45, 7) is 17.4. The molecule has 0 aliphatic carbocycles. The van der Waals surface area contributed by atoms with Crippen LogP contribution in [0.1, 0.15) is 211 Å². The number of imide groups is 2. The van der Waals surface area contributed by atoms with Crippen LogP contribution in [-0.2, 0) is 73.7 Å². The average Bonchev–Trinajstić information content (AvgIpc) is 1.82. The third kappa shape index (κ3) is 39.2. The van der Waals surface area contributed by atoms with E-state index < -0.39 is 85.2 Å². The maximum atomic E-state index is 13.3. The Balaban J connectivity index is -0.00000155. The first kappa shape index (κ1) is 90.9. The van der Waals surface area contributed by atoms with Crippen molar-refractivity contribution in [1.29, 1.82) is 0 Å². The van der Waals surface area contributed by atoms with Gasteiger partial charge in [0.25, 0.3) is 6.45 Å². The Kier molecular flexibility index (Phi) is 47.1. The summed E-state index contributed by atoms with van der Waals surface area (Å²) in [6.07, 6.45) is 5.09. The second-order valence-electron chi connectivity index (χ2n) is 25.4. The average molecular weight is 1450 g/mol. The van der Waals surface area contributed by atoms with Gasteiger partial charge < -0.3 is 75.1 Å². The van der Waals surface area contributed by atoms with Crippen LogP contribution in [0.25, 0.3) is 0 Å². The lowest BCUT2D eigenvalue weighted by Crippen LogP contribution is -2.54. The molecule has 0 radical (unpaired) electrons. The molecule has 32 nitrogen and oxygen atoms in total. The summed E-state index contributed by atoms with van der Waals surface area (Å²) < 4.78 is 26.0. The number of carbonyl (C=O) groups is 16. The number of likely N-dealkylation sites (tertiary alicyclic amines) is 2. The van der Waals surface area contributed by atoms with E-state index in [4.69, 9.17) is 21.3 Å². The van der Waals surface area contributed by atoms with E-state index in [1.165, 1.54) is 9.80 Å². The molecule has 2 saturated heterocycles. The number of hydrogen-bond donors (Lipinski definition) is 13. The van der Waals surface area contributed by atoms with Crippen molar-refractivity contribution < 1.29 is 85.6 Å². The number of nitrogens with one attached hydrogen (secondary N) is 10. The Morgan fingerprint density at radius 1 is 0.529 bits per heavy atom. The van der Waals surface area contributed by atoms with Crippen molar-refractivity contribution in [2.75, 3.05) is 44.6 Å². The Morgan fingerprint density at radius 2 is 0.892 bits per heavy atom. The van der Waals surface area contributed by atoms with Crippen LogP contribution in [0.5, 0.6) is 0 Å². The molecule has 2 aliphatic rings. The smallest absolute Gasteiger partial charge is 0.312 e. The third-order valence-corrected chi connectivity index (χ3v) is 15.9. The molecule has 102 heavy (non-hydrogen) atoms. The van der Waals surface area contributed by atoms with E-state index in [9.17, 15) is 76.7 Å². The fourth-order valence-electron chi connectivity index (χ4n) is 10.3. The van der Waals surface area contributed by atoms with Crippen LogP contribution in [0, 0.1) is 29.6 Å². The lowest BCUT2D eigenvalue weighted by Gasteiger charge is -2.25. The summed E-state index contributed by atoms with van der Waals surface area (Å²) in [6, 6.07) is -0.412. The Hall–Kier alpha value is -9.10. The van der Waals surface area contributed by atoms with Crippen molar-refractivity contribution in [2.45, 2.75) is 244 Å². The molecular formula is C70H123N15O17. The number of nitrogens with two attached hydrogens (primary N) is 3. The van der Waals surface area contributed by atoms with Gasteiger partial charge in [-0.2, -0.15) is 0 Å². The van der Waals surface area contributed by atoms with E-state index in [0.29, 0.717) is 102 Å². The van der Waals surface area contributed by atoms with Crippen LogP contribution in [0.3, 0.4) is 0 Å². The fraction of sp³-hybridized carbons (Fsp3) is 0.686. The number of benzene rings is 1. The number of ketones is 2. The number of nitrogens with zero attached hydrogens (tertiary/aromatic N) is 2. The second kappa shape index (κ2) is 52.8. The zero-order valence-electron chi connectivity index (χ0n) is 61.9. The summed E-state index contributed by atoms with van der Waals surface area (Å²) in [5.74, 6) is -4.93. The summed E-state index contributed by atoms with van der Waals surface area (Å²) >= 11 is 0. The largest absolute Gasteiger partial charge is 0.463 e. The molecule has 1 aromatic carbocycles. The summed E-state index contributed by atoms with van der Waals surface area (Å²) in [5.41, 5.74) is 16.1. The van der Waals surface area contributed by atoms with Gasteiger partial charge in [-0.1, -0.05) is 110 Å². The summed E-state index contributed by atoms with van der Waals surface area (Å²) in [5, 5.41) is 26.6. The predicted molar refractivity (Wildman–Crippen MR) is 388 cm³/mol. The third-order valence-electron chi connectivity index (χ3n) is 15.9. The summed E-state index contributed by atoms with van der Waals surface area (Å²) in [7, 11) is 0. The molecule has 8 atom stereocenters. The van der Waals surface area contributed by atoms with E-state index >= 15 is 0 Å². The normalized spacial score (nSPS) is 15.8. The van der Waals surface area contributed by atoms with Crippen molar-refractivity contribution in [3.63, 3.8) is 0 Å². The number of anilines is 1. The topological polar surface area (TPSA) is 487 Å². The maximum absolute atomic E-state index is 13.3. The van der Waals surface area contributed by atoms with Crippen molar-refractivity contribution >= 4 is 101 Å². The minimum atomic E-state index is -1.16. The number of carbonyl (C=O) groups excluding carboxylic acids is 16. The number of rotatable bonds is 43. The van der Waals surface area contributed by atoms with Crippen LogP contribution in [-0.4, -0.2) is 180 Å². The molecule has 0 aromatic heterocycles.